The highest BCUT2D eigenvalue weighted by Gasteiger charge is 2.31. The second kappa shape index (κ2) is 5.53. The smallest absolute Gasteiger partial charge is 0.0419 e. The number of rotatable bonds is 4. The monoisotopic (exact) mass is 195 g/mol. The quantitative estimate of drug-likeness (QED) is 0.644. The molecule has 0 spiro atoms. The van der Waals surface area contributed by atoms with Gasteiger partial charge in [-0.25, -0.2) is 0 Å². The fraction of sp³-hybridized carbons (Fsp3) is 0.923. The summed E-state index contributed by atoms with van der Waals surface area (Å²) in [6.45, 7) is 10.3. The van der Waals surface area contributed by atoms with Gasteiger partial charge in [0.25, 0.3) is 0 Å². The Balaban J connectivity index is 2.81. The summed E-state index contributed by atoms with van der Waals surface area (Å²) in [5.41, 5.74) is 1.49. The van der Waals surface area contributed by atoms with E-state index in [1.807, 2.05) is 0 Å². The van der Waals surface area contributed by atoms with Crippen LogP contribution in [0.5, 0.6) is 0 Å². The SMILES string of the molecule is CCC1=NCC(CC)C(CC)C1CC. The van der Waals surface area contributed by atoms with Crippen molar-refractivity contribution in [2.75, 3.05) is 6.54 Å². The van der Waals surface area contributed by atoms with Gasteiger partial charge in [0, 0.05) is 12.3 Å². The van der Waals surface area contributed by atoms with Crippen LogP contribution in [0.1, 0.15) is 53.4 Å². The molecule has 0 N–H and O–H groups in total. The normalized spacial score (nSPS) is 32.9. The van der Waals surface area contributed by atoms with Gasteiger partial charge in [0.1, 0.15) is 0 Å². The van der Waals surface area contributed by atoms with Gasteiger partial charge in [-0.15, -0.1) is 0 Å². The van der Waals surface area contributed by atoms with Crippen LogP contribution < -0.4 is 0 Å². The molecule has 0 amide bonds. The van der Waals surface area contributed by atoms with E-state index in [0.29, 0.717) is 0 Å². The molecule has 0 aromatic heterocycles. The highest BCUT2D eigenvalue weighted by atomic mass is 14.8. The van der Waals surface area contributed by atoms with Gasteiger partial charge in [-0.05, 0) is 30.6 Å². The molecule has 0 aliphatic carbocycles. The molecule has 1 heterocycles. The number of nitrogens with zero attached hydrogens (tertiary/aromatic N) is 1. The Labute approximate surface area is 89.0 Å². The molecular formula is C13H25N. The van der Waals surface area contributed by atoms with Crippen molar-refractivity contribution in [2.45, 2.75) is 53.4 Å². The summed E-state index contributed by atoms with van der Waals surface area (Å²) >= 11 is 0. The highest BCUT2D eigenvalue weighted by molar-refractivity contribution is 5.87. The molecule has 0 saturated heterocycles. The molecule has 1 heteroatoms. The maximum atomic E-state index is 4.77. The van der Waals surface area contributed by atoms with E-state index in [-0.39, 0.29) is 0 Å². The molecule has 1 aliphatic heterocycles. The van der Waals surface area contributed by atoms with Crippen molar-refractivity contribution in [2.24, 2.45) is 22.7 Å². The lowest BCUT2D eigenvalue weighted by Crippen LogP contribution is -2.34. The van der Waals surface area contributed by atoms with Crippen LogP contribution in [0.4, 0.5) is 0 Å². The summed E-state index contributed by atoms with van der Waals surface area (Å²) in [6.07, 6.45) is 5.07. The molecule has 1 aliphatic rings. The molecule has 0 saturated carbocycles. The third kappa shape index (κ3) is 2.18. The van der Waals surface area contributed by atoms with Crippen LogP contribution in [0, 0.1) is 17.8 Å². The second-order valence-electron chi connectivity index (χ2n) is 4.44. The molecule has 3 unspecified atom stereocenters. The first-order valence-corrected chi connectivity index (χ1v) is 6.31. The van der Waals surface area contributed by atoms with Gasteiger partial charge >= 0.3 is 0 Å². The minimum Gasteiger partial charge on any atom is -0.294 e. The van der Waals surface area contributed by atoms with Gasteiger partial charge in [-0.3, -0.25) is 4.99 Å². The molecule has 82 valence electrons. The van der Waals surface area contributed by atoms with Crippen molar-refractivity contribution in [3.8, 4) is 0 Å². The Morgan fingerprint density at radius 2 is 1.79 bits per heavy atom. The van der Waals surface area contributed by atoms with Crippen molar-refractivity contribution < 1.29 is 0 Å². The van der Waals surface area contributed by atoms with Crippen LogP contribution in [0.15, 0.2) is 4.99 Å². The number of hydrogen-bond donors (Lipinski definition) is 0. The van der Waals surface area contributed by atoms with Crippen molar-refractivity contribution in [1.29, 1.82) is 0 Å². The van der Waals surface area contributed by atoms with Gasteiger partial charge in [-0.1, -0.05) is 40.5 Å². The lowest BCUT2D eigenvalue weighted by molar-refractivity contribution is 0.242. The van der Waals surface area contributed by atoms with Crippen molar-refractivity contribution >= 4 is 5.71 Å². The van der Waals surface area contributed by atoms with E-state index in [1.54, 1.807) is 0 Å². The summed E-state index contributed by atoms with van der Waals surface area (Å²) in [6, 6.07) is 0. The molecule has 0 fully saturated rings. The van der Waals surface area contributed by atoms with Crippen molar-refractivity contribution in [3.63, 3.8) is 0 Å². The molecule has 0 radical (unpaired) electrons. The molecule has 0 aromatic carbocycles. The van der Waals surface area contributed by atoms with Crippen LogP contribution in [-0.4, -0.2) is 12.3 Å². The maximum Gasteiger partial charge on any atom is 0.0419 e. The van der Waals surface area contributed by atoms with Crippen molar-refractivity contribution in [1.82, 2.24) is 0 Å². The molecule has 0 bridgehead atoms. The standard InChI is InChI=1S/C13H25N/c1-5-10-9-14-13(8-4)12(7-3)11(10)6-2/h10-12H,5-9H2,1-4H3. The Kier molecular flexibility index (Phi) is 4.64. The fourth-order valence-electron chi connectivity index (χ4n) is 3.02. The lowest BCUT2D eigenvalue weighted by atomic mass is 9.72. The zero-order valence-electron chi connectivity index (χ0n) is 10.2. The molecular weight excluding hydrogens is 170 g/mol. The summed E-state index contributed by atoms with van der Waals surface area (Å²) in [4.78, 5) is 4.77. The van der Waals surface area contributed by atoms with E-state index < -0.39 is 0 Å². The van der Waals surface area contributed by atoms with E-state index >= 15 is 0 Å². The molecule has 0 aromatic rings. The van der Waals surface area contributed by atoms with Crippen LogP contribution in [0.3, 0.4) is 0 Å². The largest absolute Gasteiger partial charge is 0.294 e. The third-order valence-corrected chi connectivity index (χ3v) is 3.88. The Hall–Kier alpha value is -0.330. The topological polar surface area (TPSA) is 12.4 Å². The van der Waals surface area contributed by atoms with E-state index in [1.165, 1.54) is 25.0 Å². The van der Waals surface area contributed by atoms with Gasteiger partial charge in [0.05, 0.1) is 0 Å². The first-order valence-electron chi connectivity index (χ1n) is 6.31. The maximum absolute atomic E-state index is 4.77. The predicted molar refractivity (Wildman–Crippen MR) is 63.9 cm³/mol. The Morgan fingerprint density at radius 3 is 2.21 bits per heavy atom. The first-order chi connectivity index (χ1) is 6.78. The van der Waals surface area contributed by atoms with Crippen LogP contribution in [0.2, 0.25) is 0 Å². The Bertz CT molecular complexity index is 195. The zero-order chi connectivity index (χ0) is 10.6. The number of aliphatic imine (C=N–C) groups is 1. The highest BCUT2D eigenvalue weighted by Crippen LogP contribution is 2.34. The number of hydrogen-bond acceptors (Lipinski definition) is 1. The van der Waals surface area contributed by atoms with E-state index in [4.69, 9.17) is 4.99 Å². The van der Waals surface area contributed by atoms with Gasteiger partial charge in [-0.2, -0.15) is 0 Å². The summed E-state index contributed by atoms with van der Waals surface area (Å²) < 4.78 is 0. The summed E-state index contributed by atoms with van der Waals surface area (Å²) in [5, 5.41) is 0. The Morgan fingerprint density at radius 1 is 1.07 bits per heavy atom. The van der Waals surface area contributed by atoms with Crippen molar-refractivity contribution in [3.05, 3.63) is 0 Å². The van der Waals surface area contributed by atoms with E-state index in [9.17, 15) is 0 Å². The minimum atomic E-state index is 0.781. The van der Waals surface area contributed by atoms with Crippen LogP contribution in [-0.2, 0) is 0 Å². The van der Waals surface area contributed by atoms with E-state index in [0.717, 1.165) is 30.7 Å². The van der Waals surface area contributed by atoms with Crippen LogP contribution >= 0.6 is 0 Å². The summed E-state index contributed by atoms with van der Waals surface area (Å²) in [5.74, 6) is 2.53. The van der Waals surface area contributed by atoms with Crippen LogP contribution in [0.25, 0.3) is 0 Å². The summed E-state index contributed by atoms with van der Waals surface area (Å²) in [7, 11) is 0. The lowest BCUT2D eigenvalue weighted by Gasteiger charge is -2.36. The zero-order valence-corrected chi connectivity index (χ0v) is 10.2. The predicted octanol–water partition coefficient (Wildman–Crippen LogP) is 3.93. The van der Waals surface area contributed by atoms with Gasteiger partial charge in [0.15, 0.2) is 0 Å². The second-order valence-corrected chi connectivity index (χ2v) is 4.44. The van der Waals surface area contributed by atoms with E-state index in [2.05, 4.69) is 27.7 Å². The fourth-order valence-corrected chi connectivity index (χ4v) is 3.02. The molecule has 1 rings (SSSR count). The average Bonchev–Trinajstić information content (AvgIpc) is 2.26. The van der Waals surface area contributed by atoms with Gasteiger partial charge in [0.2, 0.25) is 0 Å². The average molecular weight is 195 g/mol. The first kappa shape index (κ1) is 11.7. The molecule has 3 atom stereocenters. The third-order valence-electron chi connectivity index (χ3n) is 3.88. The molecule has 14 heavy (non-hydrogen) atoms. The molecule has 1 nitrogen and oxygen atoms in total. The van der Waals surface area contributed by atoms with Gasteiger partial charge < -0.3 is 0 Å². The minimum absolute atomic E-state index is 0.781.